The summed E-state index contributed by atoms with van der Waals surface area (Å²) in [6.45, 7) is 5.13. The molecule has 0 aliphatic carbocycles. The van der Waals surface area contributed by atoms with Gasteiger partial charge in [-0.15, -0.1) is 0 Å². The van der Waals surface area contributed by atoms with Crippen LogP contribution in [0.15, 0.2) is 4.99 Å². The second-order valence-corrected chi connectivity index (χ2v) is 6.56. The van der Waals surface area contributed by atoms with Gasteiger partial charge in [0.25, 0.3) is 5.91 Å². The van der Waals surface area contributed by atoms with Crippen LogP contribution in [0.3, 0.4) is 0 Å². The molecule has 1 unspecified atom stereocenters. The highest BCUT2D eigenvalue weighted by molar-refractivity contribution is 8.13. The maximum atomic E-state index is 11.9. The quantitative estimate of drug-likeness (QED) is 0.717. The van der Waals surface area contributed by atoms with Crippen molar-refractivity contribution in [3.05, 3.63) is 0 Å². The van der Waals surface area contributed by atoms with Crippen molar-refractivity contribution in [1.82, 2.24) is 10.2 Å². The first-order valence-electron chi connectivity index (χ1n) is 6.13. The van der Waals surface area contributed by atoms with Crippen LogP contribution in [0.2, 0.25) is 0 Å². The van der Waals surface area contributed by atoms with Crippen LogP contribution < -0.4 is 5.32 Å². The van der Waals surface area contributed by atoms with Crippen molar-refractivity contribution < 1.29 is 9.59 Å². The second kappa shape index (κ2) is 4.91. The Labute approximate surface area is 111 Å². The van der Waals surface area contributed by atoms with Crippen molar-refractivity contribution in [2.24, 2.45) is 10.4 Å². The molecular weight excluding hydrogens is 250 g/mol. The van der Waals surface area contributed by atoms with E-state index in [1.165, 1.54) is 11.9 Å². The topological polar surface area (TPSA) is 61.8 Å². The summed E-state index contributed by atoms with van der Waals surface area (Å²) in [6, 6.07) is -0.305. The number of hydrogen-bond acceptors (Lipinski definition) is 5. The summed E-state index contributed by atoms with van der Waals surface area (Å²) in [5, 5.41) is 3.99. The molecule has 2 rings (SSSR count). The van der Waals surface area contributed by atoms with Gasteiger partial charge < -0.3 is 5.32 Å². The van der Waals surface area contributed by atoms with E-state index in [0.29, 0.717) is 12.8 Å². The summed E-state index contributed by atoms with van der Waals surface area (Å²) in [6.07, 6.45) is 0.980. The Morgan fingerprint density at radius 2 is 2.17 bits per heavy atom. The standard InChI is InChI=1S/C12H19N3O2S/c1-12(2)6-13-11(18-7-12)14-8-4-5-9(16)15(3)10(8)17/h8H,4-7H2,1-3H3,(H,13,14). The number of thioether (sulfide) groups is 1. The fourth-order valence-corrected chi connectivity index (χ4v) is 2.93. The average molecular weight is 269 g/mol. The normalized spacial score (nSPS) is 28.1. The Balaban J connectivity index is 1.97. The number of nitrogens with zero attached hydrogens (tertiary/aromatic N) is 2. The van der Waals surface area contributed by atoms with E-state index >= 15 is 0 Å². The first-order chi connectivity index (χ1) is 8.39. The number of rotatable bonds is 1. The maximum absolute atomic E-state index is 11.9. The van der Waals surface area contributed by atoms with Crippen LogP contribution >= 0.6 is 11.8 Å². The third-order valence-electron chi connectivity index (χ3n) is 3.20. The van der Waals surface area contributed by atoms with Crippen molar-refractivity contribution >= 4 is 28.7 Å². The number of aliphatic imine (C=N–C) groups is 1. The van der Waals surface area contributed by atoms with Gasteiger partial charge >= 0.3 is 0 Å². The molecule has 6 heteroatoms. The predicted molar refractivity (Wildman–Crippen MR) is 72.5 cm³/mol. The maximum Gasteiger partial charge on any atom is 0.251 e. The zero-order valence-corrected chi connectivity index (χ0v) is 11.8. The molecule has 1 fully saturated rings. The lowest BCUT2D eigenvalue weighted by molar-refractivity contribution is -0.147. The van der Waals surface area contributed by atoms with Crippen LogP contribution in [0.5, 0.6) is 0 Å². The molecule has 0 aromatic rings. The largest absolute Gasteiger partial charge is 0.353 e. The number of carbonyl (C=O) groups is 2. The van der Waals surface area contributed by atoms with Crippen LogP contribution in [-0.4, -0.2) is 47.3 Å². The van der Waals surface area contributed by atoms with E-state index in [1.54, 1.807) is 11.8 Å². The van der Waals surface area contributed by atoms with Gasteiger partial charge in [0.1, 0.15) is 6.04 Å². The van der Waals surface area contributed by atoms with Crippen LogP contribution in [-0.2, 0) is 9.59 Å². The zero-order valence-electron chi connectivity index (χ0n) is 11.0. The SMILES string of the molecule is CN1C(=O)CCC(NC2=NCC(C)(C)CS2)C1=O. The zero-order chi connectivity index (χ0) is 13.3. The first kappa shape index (κ1) is 13.4. The summed E-state index contributed by atoms with van der Waals surface area (Å²) >= 11 is 1.65. The Morgan fingerprint density at radius 3 is 2.78 bits per heavy atom. The third-order valence-corrected chi connectivity index (χ3v) is 4.64. The summed E-state index contributed by atoms with van der Waals surface area (Å²) in [7, 11) is 1.54. The summed E-state index contributed by atoms with van der Waals surface area (Å²) in [4.78, 5) is 29.0. The molecule has 0 aromatic carbocycles. The molecule has 2 aliphatic rings. The van der Waals surface area contributed by atoms with E-state index in [4.69, 9.17) is 0 Å². The van der Waals surface area contributed by atoms with Gasteiger partial charge in [0.15, 0.2) is 5.17 Å². The fraction of sp³-hybridized carbons (Fsp3) is 0.750. The van der Waals surface area contributed by atoms with Gasteiger partial charge in [-0.2, -0.15) is 0 Å². The van der Waals surface area contributed by atoms with Gasteiger partial charge in [-0.3, -0.25) is 19.5 Å². The molecule has 0 saturated carbocycles. The lowest BCUT2D eigenvalue weighted by atomic mass is 9.97. The summed E-state index contributed by atoms with van der Waals surface area (Å²) < 4.78 is 0. The molecule has 1 atom stereocenters. The Kier molecular flexibility index (Phi) is 3.66. The molecule has 2 amide bonds. The highest BCUT2D eigenvalue weighted by Gasteiger charge is 2.33. The minimum atomic E-state index is -0.305. The number of carbonyl (C=O) groups excluding carboxylic acids is 2. The highest BCUT2D eigenvalue weighted by Crippen LogP contribution is 2.27. The average Bonchev–Trinajstić information content (AvgIpc) is 2.32. The third kappa shape index (κ3) is 2.85. The number of likely N-dealkylation sites (tertiary alicyclic amines) is 1. The van der Waals surface area contributed by atoms with Crippen molar-refractivity contribution in [2.45, 2.75) is 32.7 Å². The first-order valence-corrected chi connectivity index (χ1v) is 7.12. The molecule has 100 valence electrons. The lowest BCUT2D eigenvalue weighted by Crippen LogP contribution is -2.53. The van der Waals surface area contributed by atoms with Gasteiger partial charge in [-0.05, 0) is 11.8 Å². The van der Waals surface area contributed by atoms with Crippen molar-refractivity contribution in [3.63, 3.8) is 0 Å². The molecule has 0 bridgehead atoms. The minimum absolute atomic E-state index is 0.0996. The predicted octanol–water partition coefficient (Wildman–Crippen LogP) is 0.852. The monoisotopic (exact) mass is 269 g/mol. The molecule has 0 spiro atoms. The molecule has 2 aliphatic heterocycles. The number of piperidine rings is 1. The van der Waals surface area contributed by atoms with Gasteiger partial charge in [0, 0.05) is 25.8 Å². The molecule has 0 aromatic heterocycles. The van der Waals surface area contributed by atoms with E-state index < -0.39 is 0 Å². The number of amides is 2. The fourth-order valence-electron chi connectivity index (χ4n) is 1.93. The molecular formula is C12H19N3O2S. The van der Waals surface area contributed by atoms with E-state index in [-0.39, 0.29) is 23.3 Å². The smallest absolute Gasteiger partial charge is 0.251 e. The van der Waals surface area contributed by atoms with E-state index in [0.717, 1.165) is 17.5 Å². The van der Waals surface area contributed by atoms with Gasteiger partial charge in [0.05, 0.1) is 0 Å². The Morgan fingerprint density at radius 1 is 1.44 bits per heavy atom. The molecule has 5 nitrogen and oxygen atoms in total. The minimum Gasteiger partial charge on any atom is -0.353 e. The summed E-state index contributed by atoms with van der Waals surface area (Å²) in [5.74, 6) is 0.742. The van der Waals surface area contributed by atoms with E-state index in [2.05, 4.69) is 24.2 Å². The van der Waals surface area contributed by atoms with Crippen LogP contribution in [0.4, 0.5) is 0 Å². The molecule has 0 radical (unpaired) electrons. The number of amidine groups is 1. The van der Waals surface area contributed by atoms with Crippen molar-refractivity contribution in [1.29, 1.82) is 0 Å². The van der Waals surface area contributed by atoms with Crippen molar-refractivity contribution in [2.75, 3.05) is 19.3 Å². The van der Waals surface area contributed by atoms with E-state index in [1.807, 2.05) is 0 Å². The van der Waals surface area contributed by atoms with Crippen molar-refractivity contribution in [3.8, 4) is 0 Å². The van der Waals surface area contributed by atoms with Crippen LogP contribution in [0.1, 0.15) is 26.7 Å². The van der Waals surface area contributed by atoms with Gasteiger partial charge in [-0.25, -0.2) is 0 Å². The lowest BCUT2D eigenvalue weighted by Gasteiger charge is -2.32. The highest BCUT2D eigenvalue weighted by atomic mass is 32.2. The molecule has 18 heavy (non-hydrogen) atoms. The number of likely N-dealkylation sites (N-methyl/N-ethyl adjacent to an activating group) is 1. The van der Waals surface area contributed by atoms with E-state index in [9.17, 15) is 9.59 Å². The summed E-state index contributed by atoms with van der Waals surface area (Å²) in [5.41, 5.74) is 0.221. The van der Waals surface area contributed by atoms with Gasteiger partial charge in [0.2, 0.25) is 5.91 Å². The molecule has 1 saturated heterocycles. The van der Waals surface area contributed by atoms with Crippen LogP contribution in [0, 0.1) is 5.41 Å². The number of imide groups is 1. The Bertz CT molecular complexity index is 406. The molecule has 2 heterocycles. The number of hydrogen-bond donors (Lipinski definition) is 1. The Hall–Kier alpha value is -1.04. The van der Waals surface area contributed by atoms with Crippen LogP contribution in [0.25, 0.3) is 0 Å². The molecule has 1 N–H and O–H groups in total. The van der Waals surface area contributed by atoms with Gasteiger partial charge in [-0.1, -0.05) is 25.6 Å². The number of nitrogens with one attached hydrogen (secondary N) is 1. The second-order valence-electron chi connectivity index (χ2n) is 5.60.